The maximum absolute atomic E-state index is 12.0. The smallest absolute Gasteiger partial charge is 0.407 e. The van der Waals surface area contributed by atoms with Gasteiger partial charge in [0.2, 0.25) is 0 Å². The molecule has 0 aromatic heterocycles. The van der Waals surface area contributed by atoms with Crippen LogP contribution in [0.25, 0.3) is 0 Å². The number of nitrogens with zero attached hydrogens (tertiary/aromatic N) is 2. The number of ether oxygens (including phenoxy) is 1. The second kappa shape index (κ2) is 6.25. The van der Waals surface area contributed by atoms with E-state index in [1.807, 2.05) is 32.9 Å². The zero-order chi connectivity index (χ0) is 16.3. The molecule has 22 heavy (non-hydrogen) atoms. The molecule has 1 fully saturated rings. The minimum absolute atomic E-state index is 0.338. The summed E-state index contributed by atoms with van der Waals surface area (Å²) in [4.78, 5) is 26.4. The zero-order valence-electron chi connectivity index (χ0n) is 13.2. The van der Waals surface area contributed by atoms with E-state index in [9.17, 15) is 9.59 Å². The molecule has 1 saturated heterocycles. The highest BCUT2D eigenvalue weighted by molar-refractivity contribution is 5.90. The molecule has 6 nitrogen and oxygen atoms in total. The highest BCUT2D eigenvalue weighted by atomic mass is 16.6. The van der Waals surface area contributed by atoms with E-state index in [4.69, 9.17) is 9.84 Å². The minimum Gasteiger partial charge on any atom is -0.465 e. The number of hydrogen-bond donors (Lipinski definition) is 1. The first-order valence-corrected chi connectivity index (χ1v) is 7.32. The van der Waals surface area contributed by atoms with Gasteiger partial charge in [-0.1, -0.05) is 0 Å². The molecule has 1 aliphatic heterocycles. The van der Waals surface area contributed by atoms with E-state index >= 15 is 0 Å². The number of carbonyl (C=O) groups is 2. The second-order valence-electron chi connectivity index (χ2n) is 6.31. The van der Waals surface area contributed by atoms with Crippen LogP contribution in [0.15, 0.2) is 24.3 Å². The Morgan fingerprint density at radius 1 is 1.05 bits per heavy atom. The summed E-state index contributed by atoms with van der Waals surface area (Å²) in [5.74, 6) is -0.338. The van der Waals surface area contributed by atoms with E-state index in [2.05, 4.69) is 4.90 Å². The number of anilines is 1. The molecule has 120 valence electrons. The average molecular weight is 306 g/mol. The molecule has 1 heterocycles. The molecule has 1 aromatic carbocycles. The topological polar surface area (TPSA) is 70.1 Å². The van der Waals surface area contributed by atoms with E-state index in [0.717, 1.165) is 5.69 Å². The van der Waals surface area contributed by atoms with Gasteiger partial charge in [0.15, 0.2) is 0 Å². The quantitative estimate of drug-likeness (QED) is 0.850. The number of piperazine rings is 1. The molecule has 2 rings (SSSR count). The van der Waals surface area contributed by atoms with Crippen LogP contribution >= 0.6 is 0 Å². The van der Waals surface area contributed by atoms with E-state index in [0.29, 0.717) is 31.7 Å². The number of carbonyl (C=O) groups excluding carboxylic acids is 1. The fraction of sp³-hybridized carbons (Fsp3) is 0.500. The summed E-state index contributed by atoms with van der Waals surface area (Å²) in [7, 11) is 0. The van der Waals surface area contributed by atoms with Crippen molar-refractivity contribution in [3.63, 3.8) is 0 Å². The Kier molecular flexibility index (Phi) is 4.59. The lowest BCUT2D eigenvalue weighted by Gasteiger charge is -2.34. The molecule has 0 aliphatic carbocycles. The lowest BCUT2D eigenvalue weighted by Crippen LogP contribution is -2.48. The van der Waals surface area contributed by atoms with Gasteiger partial charge in [-0.3, -0.25) is 0 Å². The number of rotatable bonds is 2. The summed E-state index contributed by atoms with van der Waals surface area (Å²) in [6.45, 7) is 7.78. The normalized spacial score (nSPS) is 15.6. The first-order valence-electron chi connectivity index (χ1n) is 7.32. The van der Waals surface area contributed by atoms with Crippen molar-refractivity contribution in [1.29, 1.82) is 0 Å². The molecule has 0 saturated carbocycles. The predicted molar refractivity (Wildman–Crippen MR) is 83.4 cm³/mol. The van der Waals surface area contributed by atoms with Gasteiger partial charge in [-0.2, -0.15) is 0 Å². The van der Waals surface area contributed by atoms with Crippen molar-refractivity contribution in [1.82, 2.24) is 4.90 Å². The van der Waals surface area contributed by atoms with Gasteiger partial charge in [0.25, 0.3) is 0 Å². The van der Waals surface area contributed by atoms with Crippen molar-refractivity contribution in [2.24, 2.45) is 0 Å². The van der Waals surface area contributed by atoms with Crippen LogP contribution in [0.2, 0.25) is 0 Å². The predicted octanol–water partition coefficient (Wildman–Crippen LogP) is 2.44. The number of amides is 1. The Balaban J connectivity index is 1.98. The molecule has 0 atom stereocenters. The molecular weight excluding hydrogens is 284 g/mol. The Bertz CT molecular complexity index is 540. The maximum atomic E-state index is 12.0. The summed E-state index contributed by atoms with van der Waals surface area (Å²) in [5, 5.41) is 8.94. The van der Waals surface area contributed by atoms with Gasteiger partial charge in [0.1, 0.15) is 5.60 Å². The van der Waals surface area contributed by atoms with Crippen LogP contribution in [0, 0.1) is 0 Å². The first-order chi connectivity index (χ1) is 10.3. The van der Waals surface area contributed by atoms with Crippen LogP contribution in [-0.4, -0.2) is 53.8 Å². The molecule has 0 unspecified atom stereocenters. The third-order valence-corrected chi connectivity index (χ3v) is 3.42. The minimum atomic E-state index is -0.875. The number of hydrogen-bond acceptors (Lipinski definition) is 4. The summed E-state index contributed by atoms with van der Waals surface area (Å²) in [5.41, 5.74) is 0.989. The monoisotopic (exact) mass is 306 g/mol. The van der Waals surface area contributed by atoms with Crippen molar-refractivity contribution >= 4 is 17.7 Å². The lowest BCUT2D eigenvalue weighted by molar-refractivity contribution is 0.00694. The number of carboxylic acid groups (broad SMARTS) is 1. The molecule has 1 amide bonds. The van der Waals surface area contributed by atoms with Crippen molar-refractivity contribution in [2.75, 3.05) is 31.1 Å². The van der Waals surface area contributed by atoms with Gasteiger partial charge in [0.05, 0.1) is 5.56 Å². The van der Waals surface area contributed by atoms with Crippen molar-refractivity contribution < 1.29 is 19.4 Å². The fourth-order valence-electron chi connectivity index (χ4n) is 2.30. The largest absolute Gasteiger partial charge is 0.465 e. The Labute approximate surface area is 130 Å². The highest BCUT2D eigenvalue weighted by Gasteiger charge is 2.21. The fourth-order valence-corrected chi connectivity index (χ4v) is 2.30. The van der Waals surface area contributed by atoms with Crippen molar-refractivity contribution in [3.8, 4) is 0 Å². The summed E-state index contributed by atoms with van der Waals surface area (Å²) in [6, 6.07) is 7.23. The molecule has 1 aromatic rings. The van der Waals surface area contributed by atoms with E-state index < -0.39 is 11.7 Å². The van der Waals surface area contributed by atoms with Gasteiger partial charge in [0, 0.05) is 31.9 Å². The van der Waals surface area contributed by atoms with Crippen LogP contribution in [0.5, 0.6) is 0 Å². The Morgan fingerprint density at radius 2 is 1.59 bits per heavy atom. The van der Waals surface area contributed by atoms with E-state index in [1.165, 1.54) is 4.90 Å². The Morgan fingerprint density at radius 3 is 2.05 bits per heavy atom. The van der Waals surface area contributed by atoms with E-state index in [1.54, 1.807) is 12.1 Å². The summed E-state index contributed by atoms with van der Waals surface area (Å²) >= 11 is 0. The second-order valence-corrected chi connectivity index (χ2v) is 6.31. The molecule has 6 heteroatoms. The first kappa shape index (κ1) is 16.1. The SMILES string of the molecule is CC(C)(C)OC(=O)c1ccc(N2CCN(C(=O)O)CC2)cc1. The van der Waals surface area contributed by atoms with E-state index in [-0.39, 0.29) is 5.97 Å². The van der Waals surface area contributed by atoms with Gasteiger partial charge >= 0.3 is 12.1 Å². The van der Waals surface area contributed by atoms with Crippen molar-refractivity contribution in [2.45, 2.75) is 26.4 Å². The summed E-state index contributed by atoms with van der Waals surface area (Å²) < 4.78 is 5.33. The molecule has 0 radical (unpaired) electrons. The van der Waals surface area contributed by atoms with Crippen LogP contribution in [0.1, 0.15) is 31.1 Å². The zero-order valence-corrected chi connectivity index (χ0v) is 13.2. The van der Waals surface area contributed by atoms with Crippen LogP contribution < -0.4 is 4.90 Å². The number of benzene rings is 1. The maximum Gasteiger partial charge on any atom is 0.407 e. The van der Waals surface area contributed by atoms with Gasteiger partial charge in [-0.25, -0.2) is 9.59 Å². The molecule has 1 N–H and O–H groups in total. The third-order valence-electron chi connectivity index (χ3n) is 3.42. The molecule has 0 bridgehead atoms. The molecular formula is C16H22N2O4. The van der Waals surface area contributed by atoms with Crippen LogP contribution in [0.3, 0.4) is 0 Å². The highest BCUT2D eigenvalue weighted by Crippen LogP contribution is 2.19. The van der Waals surface area contributed by atoms with Gasteiger partial charge in [-0.15, -0.1) is 0 Å². The lowest BCUT2D eigenvalue weighted by atomic mass is 10.1. The summed E-state index contributed by atoms with van der Waals surface area (Å²) in [6.07, 6.45) is -0.875. The number of esters is 1. The molecule has 0 spiro atoms. The van der Waals surface area contributed by atoms with Crippen LogP contribution in [0.4, 0.5) is 10.5 Å². The van der Waals surface area contributed by atoms with Crippen LogP contribution in [-0.2, 0) is 4.74 Å². The standard InChI is InChI=1S/C16H22N2O4/c1-16(2,3)22-14(19)12-4-6-13(7-5-12)17-8-10-18(11-9-17)15(20)21/h4-7H,8-11H2,1-3H3,(H,20,21). The Hall–Kier alpha value is -2.24. The van der Waals surface area contributed by atoms with Gasteiger partial charge in [-0.05, 0) is 45.0 Å². The van der Waals surface area contributed by atoms with Crippen molar-refractivity contribution in [3.05, 3.63) is 29.8 Å². The average Bonchev–Trinajstić information content (AvgIpc) is 2.46. The van der Waals surface area contributed by atoms with Gasteiger partial charge < -0.3 is 19.6 Å². The molecule has 1 aliphatic rings. The third kappa shape index (κ3) is 4.13.